The molecule has 0 aliphatic carbocycles. The third-order valence-electron chi connectivity index (χ3n) is 3.54. The van der Waals surface area contributed by atoms with E-state index in [0.717, 1.165) is 12.2 Å². The van der Waals surface area contributed by atoms with Crippen LogP contribution in [0.15, 0.2) is 12.2 Å². The Kier molecular flexibility index (Phi) is 7.04. The van der Waals surface area contributed by atoms with Crippen LogP contribution in [0.1, 0.15) is 41.5 Å². The molecule has 0 aromatic heterocycles. The van der Waals surface area contributed by atoms with Crippen LogP contribution in [0.4, 0.5) is 0 Å². The lowest BCUT2D eigenvalue weighted by Gasteiger charge is -2.40. The summed E-state index contributed by atoms with van der Waals surface area (Å²) in [7, 11) is -0.955. The highest BCUT2D eigenvalue weighted by Crippen LogP contribution is 2.42. The van der Waals surface area contributed by atoms with Crippen molar-refractivity contribution in [2.45, 2.75) is 58.2 Å². The molecule has 0 saturated heterocycles. The van der Waals surface area contributed by atoms with Crippen molar-refractivity contribution < 1.29 is 18.8 Å². The number of hydrogen-bond acceptors (Lipinski definition) is 4. The maximum atomic E-state index is 11.9. The minimum Gasteiger partial charge on any atom is -0.515 e. The van der Waals surface area contributed by atoms with Crippen molar-refractivity contribution in [1.82, 2.24) is 0 Å². The second kappa shape index (κ2) is 7.48. The van der Waals surface area contributed by atoms with Crippen molar-refractivity contribution >= 4 is 20.3 Å². The highest BCUT2D eigenvalue weighted by atomic mass is 28.4. The van der Waals surface area contributed by atoms with Gasteiger partial charge in [-0.3, -0.25) is 0 Å². The van der Waals surface area contributed by atoms with E-state index < -0.39 is 20.3 Å². The van der Waals surface area contributed by atoms with Gasteiger partial charge in [-0.25, -0.2) is 9.59 Å². The molecule has 0 saturated carbocycles. The molecule has 0 amide bonds. The lowest BCUT2D eigenvalue weighted by atomic mass is 10.5. The third-order valence-corrected chi connectivity index (χ3v) is 9.51. The van der Waals surface area contributed by atoms with Crippen molar-refractivity contribution in [1.29, 1.82) is 0 Å². The minimum atomic E-state index is -2.23. The van der Waals surface area contributed by atoms with E-state index in [1.165, 1.54) is 7.11 Å². The van der Waals surface area contributed by atoms with Gasteiger partial charge in [-0.05, 0) is 16.6 Å². The molecule has 0 aromatic rings. The molecule has 0 radical (unpaired) electrons. The first kappa shape index (κ1) is 17.9. The van der Waals surface area contributed by atoms with Crippen molar-refractivity contribution in [2.75, 3.05) is 7.11 Å². The van der Waals surface area contributed by atoms with E-state index in [2.05, 4.69) is 46.3 Å². The first-order valence-corrected chi connectivity index (χ1v) is 8.81. The van der Waals surface area contributed by atoms with Gasteiger partial charge in [0.25, 0.3) is 8.32 Å². The first-order chi connectivity index (χ1) is 8.68. The normalized spacial score (nSPS) is 12.5. The van der Waals surface area contributed by atoms with Crippen molar-refractivity contribution in [3.05, 3.63) is 12.2 Å². The van der Waals surface area contributed by atoms with Crippen LogP contribution in [-0.2, 0) is 18.8 Å². The number of carbonyl (C=O) groups is 2. The molecule has 0 fully saturated rings. The first-order valence-electron chi connectivity index (χ1n) is 6.67. The van der Waals surface area contributed by atoms with Gasteiger partial charge in [-0.2, -0.15) is 0 Å². The Morgan fingerprint density at radius 3 is 1.53 bits per heavy atom. The smallest absolute Gasteiger partial charge is 0.330 e. The predicted octanol–water partition coefficient (Wildman–Crippen LogP) is 3.43. The fraction of sp³-hybridized carbons (Fsp3) is 0.714. The highest BCUT2D eigenvalue weighted by Gasteiger charge is 2.47. The maximum Gasteiger partial charge on any atom is 0.330 e. The van der Waals surface area contributed by atoms with Crippen LogP contribution in [0.25, 0.3) is 0 Å². The maximum absolute atomic E-state index is 11.9. The number of carbonyl (C=O) groups excluding carboxylic acids is 2. The van der Waals surface area contributed by atoms with Gasteiger partial charge >= 0.3 is 11.9 Å². The monoisotopic (exact) mass is 286 g/mol. The highest BCUT2D eigenvalue weighted by molar-refractivity contribution is 6.79. The van der Waals surface area contributed by atoms with E-state index in [1.807, 2.05) is 0 Å². The van der Waals surface area contributed by atoms with E-state index in [1.54, 1.807) is 0 Å². The van der Waals surface area contributed by atoms with E-state index in [-0.39, 0.29) is 0 Å². The van der Waals surface area contributed by atoms with Gasteiger partial charge in [0.1, 0.15) is 0 Å². The number of hydrogen-bond donors (Lipinski definition) is 0. The summed E-state index contributed by atoms with van der Waals surface area (Å²) in [6.45, 7) is 12.6. The van der Waals surface area contributed by atoms with E-state index >= 15 is 0 Å². The quantitative estimate of drug-likeness (QED) is 0.426. The van der Waals surface area contributed by atoms with Crippen LogP contribution >= 0.6 is 0 Å². The van der Waals surface area contributed by atoms with Gasteiger partial charge in [0.05, 0.1) is 7.11 Å². The molecule has 4 nitrogen and oxygen atoms in total. The van der Waals surface area contributed by atoms with Crippen molar-refractivity contribution in [3.63, 3.8) is 0 Å². The van der Waals surface area contributed by atoms with Gasteiger partial charge < -0.3 is 9.16 Å². The van der Waals surface area contributed by atoms with Crippen LogP contribution < -0.4 is 0 Å². The van der Waals surface area contributed by atoms with Gasteiger partial charge in [0, 0.05) is 12.2 Å². The Hall–Kier alpha value is -1.10. The van der Waals surface area contributed by atoms with Crippen molar-refractivity contribution in [3.8, 4) is 0 Å². The number of esters is 1. The van der Waals surface area contributed by atoms with Gasteiger partial charge in [0.2, 0.25) is 0 Å². The zero-order valence-electron chi connectivity index (χ0n) is 13.0. The Morgan fingerprint density at radius 1 is 0.842 bits per heavy atom. The van der Waals surface area contributed by atoms with Gasteiger partial charge in [-0.1, -0.05) is 41.5 Å². The van der Waals surface area contributed by atoms with Crippen molar-refractivity contribution in [2.24, 2.45) is 0 Å². The molecule has 0 aliphatic rings. The van der Waals surface area contributed by atoms with Crippen LogP contribution in [0, 0.1) is 0 Å². The lowest BCUT2D eigenvalue weighted by molar-refractivity contribution is -0.136. The predicted molar refractivity (Wildman–Crippen MR) is 78.3 cm³/mol. The fourth-order valence-electron chi connectivity index (χ4n) is 2.77. The molecule has 0 spiro atoms. The average Bonchev–Trinajstić information content (AvgIpc) is 2.31. The molecule has 0 aliphatic heterocycles. The largest absolute Gasteiger partial charge is 0.515 e. The molecular weight excluding hydrogens is 260 g/mol. The zero-order valence-corrected chi connectivity index (χ0v) is 14.0. The fourth-order valence-corrected chi connectivity index (χ4v) is 7.89. The summed E-state index contributed by atoms with van der Waals surface area (Å²) in [6, 6.07) is 0. The molecule has 0 atom stereocenters. The topological polar surface area (TPSA) is 52.6 Å². The number of methoxy groups -OCH3 is 1. The van der Waals surface area contributed by atoms with E-state index in [9.17, 15) is 9.59 Å². The molecule has 0 rings (SSSR count). The van der Waals surface area contributed by atoms with Gasteiger partial charge in [-0.15, -0.1) is 0 Å². The SMILES string of the molecule is COC(=O)/C=C\C(=O)O[Si](C(C)C)(C(C)C)C(C)C. The third kappa shape index (κ3) is 4.49. The second-order valence-electron chi connectivity index (χ2n) is 5.60. The zero-order chi connectivity index (χ0) is 15.2. The molecule has 19 heavy (non-hydrogen) atoms. The molecule has 0 unspecified atom stereocenters. The summed E-state index contributed by atoms with van der Waals surface area (Å²) >= 11 is 0. The van der Waals surface area contributed by atoms with Gasteiger partial charge in [0.15, 0.2) is 0 Å². The van der Waals surface area contributed by atoms with Crippen LogP contribution in [0.5, 0.6) is 0 Å². The summed E-state index contributed by atoms with van der Waals surface area (Å²) < 4.78 is 10.3. The van der Waals surface area contributed by atoms with Crippen LogP contribution in [-0.4, -0.2) is 27.4 Å². The molecule has 110 valence electrons. The number of ether oxygens (including phenoxy) is 1. The summed E-state index contributed by atoms with van der Waals surface area (Å²) in [5.74, 6) is -1.00. The minimum absolute atomic E-state index is 0.322. The number of rotatable bonds is 6. The molecule has 0 N–H and O–H groups in total. The molecular formula is C14H26O4Si. The second-order valence-corrected chi connectivity index (χ2v) is 11.0. The molecule has 5 heteroatoms. The Balaban J connectivity index is 5.09. The Labute approximate surface area is 117 Å². The molecule has 0 aromatic carbocycles. The summed E-state index contributed by atoms with van der Waals surface area (Å²) in [6.07, 6.45) is 2.25. The summed E-state index contributed by atoms with van der Waals surface area (Å²) in [5, 5.41) is 0. The molecule has 0 bridgehead atoms. The average molecular weight is 286 g/mol. The summed E-state index contributed by atoms with van der Waals surface area (Å²) in [5.41, 5.74) is 0.967. The van der Waals surface area contributed by atoms with E-state index in [0.29, 0.717) is 16.6 Å². The molecule has 0 heterocycles. The van der Waals surface area contributed by atoms with E-state index in [4.69, 9.17) is 4.43 Å². The van der Waals surface area contributed by atoms with Crippen LogP contribution in [0.2, 0.25) is 16.6 Å². The summed E-state index contributed by atoms with van der Waals surface area (Å²) in [4.78, 5) is 22.9. The Bertz CT molecular complexity index is 324. The lowest BCUT2D eigenvalue weighted by Crippen LogP contribution is -2.49. The Morgan fingerprint density at radius 2 is 1.21 bits per heavy atom. The van der Waals surface area contributed by atoms with Crippen LogP contribution in [0.3, 0.4) is 0 Å². The standard InChI is InChI=1S/C14H26O4Si/c1-10(2)19(11(3)4,12(5)6)18-14(16)9-8-13(15)17-7/h8-12H,1-7H3/b9-8-.